The predicted molar refractivity (Wildman–Crippen MR) is 87.6 cm³/mol. The van der Waals surface area contributed by atoms with Gasteiger partial charge in [0.1, 0.15) is 0 Å². The van der Waals surface area contributed by atoms with Gasteiger partial charge >= 0.3 is 0 Å². The zero-order valence-corrected chi connectivity index (χ0v) is 14.4. The maximum atomic E-state index is 12.7. The zero-order valence-electron chi connectivity index (χ0n) is 12.8. The van der Waals surface area contributed by atoms with Crippen LogP contribution in [0, 0.1) is 0 Å². The molecule has 0 unspecified atom stereocenters. The van der Waals surface area contributed by atoms with Crippen molar-refractivity contribution in [2.24, 2.45) is 0 Å². The van der Waals surface area contributed by atoms with Gasteiger partial charge in [0.05, 0.1) is 0 Å². The lowest BCUT2D eigenvalue weighted by molar-refractivity contribution is 0.347. The lowest BCUT2D eigenvalue weighted by Gasteiger charge is -2.27. The standard InChI is InChI=1S/C14H25N3O2S2/c1-3-15-9-5-10-16(2)21(18,19)17(13-7-8-13)12-14-6-4-11-20-14/h4,6,11,13,15H,3,5,7-10,12H2,1-2H3. The van der Waals surface area contributed by atoms with Crippen LogP contribution in [-0.4, -0.2) is 49.8 Å². The van der Waals surface area contributed by atoms with Crippen LogP contribution < -0.4 is 5.32 Å². The van der Waals surface area contributed by atoms with Crippen molar-refractivity contribution in [1.29, 1.82) is 0 Å². The smallest absolute Gasteiger partial charge is 0.282 e. The van der Waals surface area contributed by atoms with Crippen LogP contribution in [0.5, 0.6) is 0 Å². The summed E-state index contributed by atoms with van der Waals surface area (Å²) in [6.07, 6.45) is 2.80. The molecule has 1 aromatic rings. The van der Waals surface area contributed by atoms with Gasteiger partial charge in [-0.3, -0.25) is 0 Å². The van der Waals surface area contributed by atoms with Crippen LogP contribution >= 0.6 is 11.3 Å². The van der Waals surface area contributed by atoms with E-state index in [1.165, 1.54) is 4.31 Å². The Balaban J connectivity index is 1.96. The van der Waals surface area contributed by atoms with Crippen LogP contribution in [0.15, 0.2) is 17.5 Å². The molecule has 21 heavy (non-hydrogen) atoms. The van der Waals surface area contributed by atoms with Gasteiger partial charge in [-0.2, -0.15) is 17.0 Å². The second kappa shape index (κ2) is 7.69. The normalized spacial score (nSPS) is 16.0. The first-order chi connectivity index (χ1) is 10.1. The number of hydrogen-bond donors (Lipinski definition) is 1. The molecule has 1 fully saturated rings. The lowest BCUT2D eigenvalue weighted by atomic mass is 10.4. The number of nitrogens with one attached hydrogen (secondary N) is 1. The van der Waals surface area contributed by atoms with Crippen molar-refractivity contribution in [1.82, 2.24) is 13.9 Å². The highest BCUT2D eigenvalue weighted by molar-refractivity contribution is 7.86. The van der Waals surface area contributed by atoms with Crippen molar-refractivity contribution in [3.8, 4) is 0 Å². The molecule has 1 aromatic heterocycles. The largest absolute Gasteiger partial charge is 0.317 e. The molecule has 1 saturated carbocycles. The van der Waals surface area contributed by atoms with Crippen LogP contribution in [0.1, 0.15) is 31.1 Å². The third-order valence-corrected chi connectivity index (χ3v) is 6.46. The molecule has 0 bridgehead atoms. The van der Waals surface area contributed by atoms with Crippen molar-refractivity contribution < 1.29 is 8.42 Å². The molecule has 0 radical (unpaired) electrons. The van der Waals surface area contributed by atoms with Gasteiger partial charge in [0.25, 0.3) is 10.2 Å². The van der Waals surface area contributed by atoms with E-state index < -0.39 is 10.2 Å². The molecule has 0 atom stereocenters. The topological polar surface area (TPSA) is 52.7 Å². The van der Waals surface area contributed by atoms with Crippen LogP contribution in [0.3, 0.4) is 0 Å². The molecule has 0 spiro atoms. The van der Waals surface area contributed by atoms with Crippen LogP contribution in [0.25, 0.3) is 0 Å². The summed E-state index contributed by atoms with van der Waals surface area (Å²) in [7, 11) is -1.67. The van der Waals surface area contributed by atoms with Crippen molar-refractivity contribution in [3.05, 3.63) is 22.4 Å². The molecule has 0 saturated heterocycles. The quantitative estimate of drug-likeness (QED) is 0.666. The lowest BCUT2D eigenvalue weighted by Crippen LogP contribution is -2.43. The van der Waals surface area contributed by atoms with Gasteiger partial charge in [0.2, 0.25) is 0 Å². The molecule has 1 N–H and O–H groups in total. The summed E-state index contributed by atoms with van der Waals surface area (Å²) < 4.78 is 28.6. The Morgan fingerprint density at radius 3 is 2.76 bits per heavy atom. The number of hydrogen-bond acceptors (Lipinski definition) is 4. The average Bonchev–Trinajstić information content (AvgIpc) is 3.16. The Hall–Kier alpha value is -0.470. The Labute approximate surface area is 132 Å². The molecule has 2 rings (SSSR count). The molecule has 1 heterocycles. The maximum Gasteiger partial charge on any atom is 0.282 e. The fourth-order valence-corrected chi connectivity index (χ4v) is 4.61. The molecule has 1 aliphatic rings. The Morgan fingerprint density at radius 2 is 2.19 bits per heavy atom. The summed E-state index contributed by atoms with van der Waals surface area (Å²) in [4.78, 5) is 1.10. The molecular weight excluding hydrogens is 306 g/mol. The predicted octanol–water partition coefficient (Wildman–Crippen LogP) is 1.89. The van der Waals surface area contributed by atoms with Gasteiger partial charge in [-0.25, -0.2) is 0 Å². The fourth-order valence-electron chi connectivity index (χ4n) is 2.22. The number of thiophene rings is 1. The van der Waals surface area contributed by atoms with Gasteiger partial charge in [-0.15, -0.1) is 11.3 Å². The maximum absolute atomic E-state index is 12.7. The summed E-state index contributed by atoms with van der Waals surface area (Å²) in [6, 6.07) is 4.16. The number of rotatable bonds is 10. The van der Waals surface area contributed by atoms with Crippen molar-refractivity contribution in [2.45, 2.75) is 38.8 Å². The molecule has 0 amide bonds. The highest BCUT2D eigenvalue weighted by Gasteiger charge is 2.39. The van der Waals surface area contributed by atoms with Gasteiger partial charge in [-0.05, 0) is 43.8 Å². The van der Waals surface area contributed by atoms with E-state index in [0.29, 0.717) is 13.1 Å². The molecule has 120 valence electrons. The van der Waals surface area contributed by atoms with Crippen LogP contribution in [0.2, 0.25) is 0 Å². The van der Waals surface area contributed by atoms with E-state index >= 15 is 0 Å². The summed E-state index contributed by atoms with van der Waals surface area (Å²) in [5.74, 6) is 0. The monoisotopic (exact) mass is 331 g/mol. The van der Waals surface area contributed by atoms with Gasteiger partial charge in [0.15, 0.2) is 0 Å². The van der Waals surface area contributed by atoms with E-state index in [9.17, 15) is 8.42 Å². The second-order valence-corrected chi connectivity index (χ2v) is 8.41. The fraction of sp³-hybridized carbons (Fsp3) is 0.714. The first kappa shape index (κ1) is 16.9. The van der Waals surface area contributed by atoms with E-state index in [4.69, 9.17) is 0 Å². The Kier molecular flexibility index (Phi) is 6.19. The highest BCUT2D eigenvalue weighted by Crippen LogP contribution is 2.32. The minimum absolute atomic E-state index is 0.188. The average molecular weight is 332 g/mol. The van der Waals surface area contributed by atoms with Crippen molar-refractivity contribution in [3.63, 3.8) is 0 Å². The van der Waals surface area contributed by atoms with E-state index in [-0.39, 0.29) is 6.04 Å². The first-order valence-corrected chi connectivity index (χ1v) is 9.79. The minimum Gasteiger partial charge on any atom is -0.317 e. The van der Waals surface area contributed by atoms with E-state index in [1.807, 2.05) is 17.5 Å². The van der Waals surface area contributed by atoms with Crippen LogP contribution in [-0.2, 0) is 16.8 Å². The molecular formula is C14H25N3O2S2. The van der Waals surface area contributed by atoms with Gasteiger partial charge in [-0.1, -0.05) is 13.0 Å². The highest BCUT2D eigenvalue weighted by atomic mass is 32.2. The van der Waals surface area contributed by atoms with Crippen LogP contribution in [0.4, 0.5) is 0 Å². The molecule has 1 aliphatic carbocycles. The van der Waals surface area contributed by atoms with Gasteiger partial charge < -0.3 is 5.32 Å². The van der Waals surface area contributed by atoms with Crippen molar-refractivity contribution >= 4 is 21.5 Å². The third-order valence-electron chi connectivity index (χ3n) is 3.61. The first-order valence-electron chi connectivity index (χ1n) is 7.52. The van der Waals surface area contributed by atoms with Gasteiger partial charge in [0, 0.05) is 31.1 Å². The van der Waals surface area contributed by atoms with E-state index in [1.54, 1.807) is 22.7 Å². The molecule has 5 nitrogen and oxygen atoms in total. The molecule has 0 aromatic carbocycles. The van der Waals surface area contributed by atoms with E-state index in [0.717, 1.165) is 37.2 Å². The Morgan fingerprint density at radius 1 is 1.43 bits per heavy atom. The summed E-state index contributed by atoms with van der Waals surface area (Å²) in [6.45, 7) is 4.88. The SMILES string of the molecule is CCNCCCN(C)S(=O)(=O)N(Cc1cccs1)C1CC1. The second-order valence-electron chi connectivity index (χ2n) is 5.39. The molecule has 7 heteroatoms. The summed E-state index contributed by atoms with van der Waals surface area (Å²) in [5.41, 5.74) is 0. The Bertz CT molecular complexity index is 512. The minimum atomic E-state index is -3.36. The third kappa shape index (κ3) is 4.75. The van der Waals surface area contributed by atoms with E-state index in [2.05, 4.69) is 12.2 Å². The van der Waals surface area contributed by atoms with Crippen molar-refractivity contribution in [2.75, 3.05) is 26.7 Å². The molecule has 0 aliphatic heterocycles. The summed E-state index contributed by atoms with van der Waals surface area (Å²) in [5, 5.41) is 5.22. The summed E-state index contributed by atoms with van der Waals surface area (Å²) >= 11 is 1.61. The zero-order chi connectivity index (χ0) is 15.3. The number of nitrogens with zero attached hydrogens (tertiary/aromatic N) is 2.